The summed E-state index contributed by atoms with van der Waals surface area (Å²) in [7, 11) is 0. The van der Waals surface area contributed by atoms with Gasteiger partial charge in [0, 0.05) is 0 Å². The summed E-state index contributed by atoms with van der Waals surface area (Å²) in [5.74, 6) is 0. The van der Waals surface area contributed by atoms with Crippen molar-refractivity contribution in [3.63, 3.8) is 0 Å². The van der Waals surface area contributed by atoms with Gasteiger partial charge in [-0.3, -0.25) is 0 Å². The van der Waals surface area contributed by atoms with Crippen LogP contribution in [0.15, 0.2) is 60.8 Å². The molecule has 0 amide bonds. The average molecular weight is 172 g/mol. The van der Waals surface area contributed by atoms with E-state index in [-0.39, 0.29) is 0 Å². The first-order valence-electron chi connectivity index (χ1n) is 4.82. The van der Waals surface area contributed by atoms with Crippen LogP contribution in [0.25, 0.3) is 0 Å². The van der Waals surface area contributed by atoms with Crippen LogP contribution in [0.4, 0.5) is 0 Å². The molecule has 0 heterocycles. The van der Waals surface area contributed by atoms with Crippen molar-refractivity contribution in [3.05, 3.63) is 60.8 Å². The maximum atomic E-state index is 2.21. The summed E-state index contributed by atoms with van der Waals surface area (Å²) < 4.78 is 0. The molecule has 1 aliphatic carbocycles. The zero-order valence-electron chi connectivity index (χ0n) is 7.89. The highest BCUT2D eigenvalue weighted by Gasteiger charge is 1.78. The molecular formula is C13H16. The molecule has 1 aliphatic rings. The molecule has 68 valence electrons. The molecule has 0 heteroatoms. The molecule has 0 aliphatic heterocycles. The zero-order valence-corrected chi connectivity index (χ0v) is 7.89. The van der Waals surface area contributed by atoms with Crippen LogP contribution < -0.4 is 0 Å². The van der Waals surface area contributed by atoms with Crippen molar-refractivity contribution in [2.45, 2.75) is 19.3 Å². The summed E-state index contributed by atoms with van der Waals surface area (Å²) in [6.45, 7) is 0. The van der Waals surface area contributed by atoms with Crippen molar-refractivity contribution in [1.29, 1.82) is 0 Å². The standard InChI is InChI=1S/C13H16/c1-2-4-6-8-10-12-13-11-9-7-5-3-1/h1-10H,11-13H2/b2-1+,5-3-,6-4+,9-7+,10-8-. The Morgan fingerprint density at radius 3 is 1.31 bits per heavy atom. The molecule has 0 nitrogen and oxygen atoms in total. The van der Waals surface area contributed by atoms with Gasteiger partial charge < -0.3 is 0 Å². The predicted octanol–water partition coefficient (Wildman–Crippen LogP) is 3.95. The van der Waals surface area contributed by atoms with Gasteiger partial charge in [0.15, 0.2) is 0 Å². The van der Waals surface area contributed by atoms with Gasteiger partial charge in [0.05, 0.1) is 0 Å². The van der Waals surface area contributed by atoms with Gasteiger partial charge in [0.25, 0.3) is 0 Å². The van der Waals surface area contributed by atoms with Gasteiger partial charge in [-0.2, -0.15) is 0 Å². The molecule has 13 heavy (non-hydrogen) atoms. The van der Waals surface area contributed by atoms with E-state index in [0.29, 0.717) is 0 Å². The smallest absolute Gasteiger partial charge is 0.0345 e. The molecule has 0 aromatic carbocycles. The van der Waals surface area contributed by atoms with E-state index in [1.165, 1.54) is 19.3 Å². The molecule has 0 radical (unpaired) electrons. The minimum absolute atomic E-state index is 1.17. The van der Waals surface area contributed by atoms with E-state index in [0.717, 1.165) is 0 Å². The Balaban J connectivity index is 2.51. The Bertz CT molecular complexity index is 223. The van der Waals surface area contributed by atoms with Crippen molar-refractivity contribution < 1.29 is 0 Å². The summed E-state index contributed by atoms with van der Waals surface area (Å²) in [6, 6.07) is 0. The second-order valence-electron chi connectivity index (χ2n) is 2.94. The third kappa shape index (κ3) is 5.92. The van der Waals surface area contributed by atoms with Crippen LogP contribution >= 0.6 is 0 Å². The topological polar surface area (TPSA) is 0 Å². The van der Waals surface area contributed by atoms with E-state index in [1.807, 2.05) is 24.3 Å². The molecule has 0 saturated heterocycles. The zero-order chi connectivity index (χ0) is 9.19. The quantitative estimate of drug-likeness (QED) is 0.519. The number of rotatable bonds is 0. The van der Waals surface area contributed by atoms with Gasteiger partial charge in [0.2, 0.25) is 0 Å². The van der Waals surface area contributed by atoms with Gasteiger partial charge >= 0.3 is 0 Å². The Labute approximate surface area is 80.7 Å². The molecule has 0 N–H and O–H groups in total. The minimum Gasteiger partial charge on any atom is -0.0845 e. The molecule has 0 unspecified atom stereocenters. The molecular weight excluding hydrogens is 156 g/mol. The normalized spacial score (nSPS) is 30.2. The molecule has 0 aromatic heterocycles. The summed E-state index contributed by atoms with van der Waals surface area (Å²) in [5.41, 5.74) is 0. The van der Waals surface area contributed by atoms with Crippen LogP contribution in [-0.2, 0) is 0 Å². The predicted molar refractivity (Wildman–Crippen MR) is 59.6 cm³/mol. The minimum atomic E-state index is 1.17. The first-order chi connectivity index (χ1) is 6.50. The van der Waals surface area contributed by atoms with Gasteiger partial charge in [-0.1, -0.05) is 60.8 Å². The third-order valence-corrected chi connectivity index (χ3v) is 1.79. The highest BCUT2D eigenvalue weighted by atomic mass is 13.8. The molecule has 0 bridgehead atoms. The van der Waals surface area contributed by atoms with Crippen LogP contribution in [0, 0.1) is 0 Å². The lowest BCUT2D eigenvalue weighted by Gasteiger charge is -1.87. The maximum Gasteiger partial charge on any atom is -0.0345 e. The van der Waals surface area contributed by atoms with Crippen molar-refractivity contribution in [3.8, 4) is 0 Å². The van der Waals surface area contributed by atoms with Crippen molar-refractivity contribution in [2.24, 2.45) is 0 Å². The summed E-state index contributed by atoms with van der Waals surface area (Å²) in [6.07, 6.45) is 24.5. The van der Waals surface area contributed by atoms with Crippen LogP contribution in [-0.4, -0.2) is 0 Å². The van der Waals surface area contributed by atoms with E-state index >= 15 is 0 Å². The van der Waals surface area contributed by atoms with Gasteiger partial charge in [-0.05, 0) is 19.3 Å². The Kier molecular flexibility index (Phi) is 5.54. The molecule has 0 atom stereocenters. The number of allylic oxidation sites excluding steroid dienone is 10. The SMILES string of the molecule is C1=C\C=C\CCC\C=C/C=C/C=C/1. The molecule has 0 aromatic rings. The van der Waals surface area contributed by atoms with E-state index in [2.05, 4.69) is 36.5 Å². The van der Waals surface area contributed by atoms with Gasteiger partial charge in [-0.25, -0.2) is 0 Å². The lowest BCUT2D eigenvalue weighted by atomic mass is 10.2. The van der Waals surface area contributed by atoms with E-state index in [9.17, 15) is 0 Å². The summed E-state index contributed by atoms with van der Waals surface area (Å²) in [5, 5.41) is 0. The molecule has 0 fully saturated rings. The Hall–Kier alpha value is -1.30. The van der Waals surface area contributed by atoms with Crippen molar-refractivity contribution in [1.82, 2.24) is 0 Å². The largest absolute Gasteiger partial charge is 0.0845 e. The second kappa shape index (κ2) is 7.35. The summed E-state index contributed by atoms with van der Waals surface area (Å²) in [4.78, 5) is 0. The molecule has 0 spiro atoms. The van der Waals surface area contributed by atoms with E-state index < -0.39 is 0 Å². The van der Waals surface area contributed by atoms with Crippen LogP contribution in [0.2, 0.25) is 0 Å². The van der Waals surface area contributed by atoms with E-state index in [4.69, 9.17) is 0 Å². The van der Waals surface area contributed by atoms with Gasteiger partial charge in [0.1, 0.15) is 0 Å². The molecule has 1 rings (SSSR count). The maximum absolute atomic E-state index is 2.21. The number of hydrogen-bond acceptors (Lipinski definition) is 0. The lowest BCUT2D eigenvalue weighted by Crippen LogP contribution is -1.67. The number of hydrogen-bond donors (Lipinski definition) is 0. The fourth-order valence-electron chi connectivity index (χ4n) is 1.09. The highest BCUT2D eigenvalue weighted by molar-refractivity contribution is 5.18. The monoisotopic (exact) mass is 172 g/mol. The summed E-state index contributed by atoms with van der Waals surface area (Å²) >= 11 is 0. The van der Waals surface area contributed by atoms with Crippen molar-refractivity contribution in [2.75, 3.05) is 0 Å². The van der Waals surface area contributed by atoms with Crippen LogP contribution in [0.1, 0.15) is 19.3 Å². The second-order valence-corrected chi connectivity index (χ2v) is 2.94. The Morgan fingerprint density at radius 2 is 0.846 bits per heavy atom. The average Bonchev–Trinajstić information content (AvgIpc) is 2.18. The molecule has 0 saturated carbocycles. The van der Waals surface area contributed by atoms with E-state index in [1.54, 1.807) is 0 Å². The van der Waals surface area contributed by atoms with Crippen LogP contribution in [0.3, 0.4) is 0 Å². The first kappa shape index (κ1) is 9.79. The fourth-order valence-corrected chi connectivity index (χ4v) is 1.09. The third-order valence-electron chi connectivity index (χ3n) is 1.79. The first-order valence-corrected chi connectivity index (χ1v) is 4.82. The lowest BCUT2D eigenvalue weighted by molar-refractivity contribution is 0.868. The highest BCUT2D eigenvalue weighted by Crippen LogP contribution is 1.99. The van der Waals surface area contributed by atoms with Crippen molar-refractivity contribution >= 4 is 0 Å². The van der Waals surface area contributed by atoms with Crippen LogP contribution in [0.5, 0.6) is 0 Å². The Morgan fingerprint density at radius 1 is 0.462 bits per heavy atom. The van der Waals surface area contributed by atoms with Gasteiger partial charge in [-0.15, -0.1) is 0 Å². The fraction of sp³-hybridized carbons (Fsp3) is 0.231.